The van der Waals surface area contributed by atoms with E-state index in [1.807, 2.05) is 32.2 Å². The third-order valence-corrected chi connectivity index (χ3v) is 2.92. The molecule has 0 atom stereocenters. The average molecular weight is 254 g/mol. The van der Waals surface area contributed by atoms with Crippen molar-refractivity contribution >= 4 is 16.9 Å². The number of rotatable bonds is 3. The summed E-state index contributed by atoms with van der Waals surface area (Å²) in [6.07, 6.45) is 3.28. The van der Waals surface area contributed by atoms with Crippen molar-refractivity contribution in [3.63, 3.8) is 0 Å². The molecular weight excluding hydrogens is 240 g/mol. The summed E-state index contributed by atoms with van der Waals surface area (Å²) in [6.45, 7) is 2.85. The maximum absolute atomic E-state index is 4.57. The quantitative estimate of drug-likeness (QED) is 0.772. The minimum Gasteiger partial charge on any atom is -0.370 e. The lowest BCUT2D eigenvalue weighted by Gasteiger charge is -2.07. The molecule has 3 aromatic heterocycles. The van der Waals surface area contributed by atoms with Crippen LogP contribution in [0.3, 0.4) is 0 Å². The SMILES string of the molecule is CCNc1ncnc2nc(-c3ccnn3C)ccc12. The van der Waals surface area contributed by atoms with Gasteiger partial charge in [0.05, 0.1) is 16.8 Å². The molecule has 0 unspecified atom stereocenters. The van der Waals surface area contributed by atoms with Gasteiger partial charge in [-0.25, -0.2) is 15.0 Å². The molecule has 0 fully saturated rings. The second-order valence-corrected chi connectivity index (χ2v) is 4.16. The Hall–Kier alpha value is -2.50. The van der Waals surface area contributed by atoms with Gasteiger partial charge < -0.3 is 5.32 Å². The normalized spacial score (nSPS) is 10.8. The van der Waals surface area contributed by atoms with E-state index in [1.54, 1.807) is 10.9 Å². The molecule has 6 heteroatoms. The van der Waals surface area contributed by atoms with Gasteiger partial charge in [0.25, 0.3) is 0 Å². The highest BCUT2D eigenvalue weighted by Crippen LogP contribution is 2.22. The van der Waals surface area contributed by atoms with Crippen molar-refractivity contribution in [3.8, 4) is 11.4 Å². The molecule has 0 aliphatic rings. The molecule has 0 spiro atoms. The van der Waals surface area contributed by atoms with E-state index in [2.05, 4.69) is 25.4 Å². The van der Waals surface area contributed by atoms with Crippen molar-refractivity contribution in [2.75, 3.05) is 11.9 Å². The lowest BCUT2D eigenvalue weighted by molar-refractivity contribution is 0.773. The van der Waals surface area contributed by atoms with Crippen LogP contribution in [0.25, 0.3) is 22.4 Å². The number of hydrogen-bond acceptors (Lipinski definition) is 5. The minimum absolute atomic E-state index is 0.685. The second-order valence-electron chi connectivity index (χ2n) is 4.16. The fourth-order valence-electron chi connectivity index (χ4n) is 2.02. The Morgan fingerprint density at radius 1 is 1.21 bits per heavy atom. The molecule has 0 bridgehead atoms. The molecular formula is C13H14N6. The summed E-state index contributed by atoms with van der Waals surface area (Å²) < 4.78 is 1.79. The fraction of sp³-hybridized carbons (Fsp3) is 0.231. The van der Waals surface area contributed by atoms with E-state index in [4.69, 9.17) is 0 Å². The Morgan fingerprint density at radius 3 is 2.84 bits per heavy atom. The summed E-state index contributed by atoms with van der Waals surface area (Å²) in [5, 5.41) is 8.29. The Labute approximate surface area is 110 Å². The van der Waals surface area contributed by atoms with Gasteiger partial charge in [0.15, 0.2) is 5.65 Å². The van der Waals surface area contributed by atoms with Crippen molar-refractivity contribution < 1.29 is 0 Å². The summed E-state index contributed by atoms with van der Waals surface area (Å²) in [7, 11) is 1.89. The van der Waals surface area contributed by atoms with Crippen molar-refractivity contribution in [2.45, 2.75) is 6.92 Å². The van der Waals surface area contributed by atoms with Crippen LogP contribution in [0.15, 0.2) is 30.7 Å². The van der Waals surface area contributed by atoms with Gasteiger partial charge in [-0.05, 0) is 25.1 Å². The Balaban J connectivity index is 2.14. The van der Waals surface area contributed by atoms with Gasteiger partial charge in [0, 0.05) is 19.8 Å². The van der Waals surface area contributed by atoms with Crippen LogP contribution in [0, 0.1) is 0 Å². The Morgan fingerprint density at radius 2 is 2.11 bits per heavy atom. The molecule has 96 valence electrons. The van der Waals surface area contributed by atoms with Gasteiger partial charge >= 0.3 is 0 Å². The van der Waals surface area contributed by atoms with Gasteiger partial charge in [0.1, 0.15) is 12.1 Å². The second kappa shape index (κ2) is 4.64. The van der Waals surface area contributed by atoms with Crippen LogP contribution in [-0.2, 0) is 7.05 Å². The number of fused-ring (bicyclic) bond motifs is 1. The molecule has 3 aromatic rings. The lowest BCUT2D eigenvalue weighted by atomic mass is 10.2. The largest absolute Gasteiger partial charge is 0.370 e. The van der Waals surface area contributed by atoms with Crippen LogP contribution in [0.1, 0.15) is 6.92 Å². The van der Waals surface area contributed by atoms with Crippen molar-refractivity contribution in [3.05, 3.63) is 30.7 Å². The van der Waals surface area contributed by atoms with E-state index in [9.17, 15) is 0 Å². The highest BCUT2D eigenvalue weighted by Gasteiger charge is 2.08. The number of nitrogens with zero attached hydrogens (tertiary/aromatic N) is 5. The standard InChI is InChI=1S/C13H14N6/c1-3-14-12-9-4-5-10(11-6-7-17-19(11)2)18-13(9)16-8-15-12/h4-8H,3H2,1-2H3,(H,14,15,16,18). The highest BCUT2D eigenvalue weighted by molar-refractivity contribution is 5.87. The first-order chi connectivity index (χ1) is 9.29. The molecule has 0 saturated carbocycles. The summed E-state index contributed by atoms with van der Waals surface area (Å²) in [5.41, 5.74) is 2.50. The summed E-state index contributed by atoms with van der Waals surface area (Å²) in [4.78, 5) is 13.0. The minimum atomic E-state index is 0.685. The zero-order valence-electron chi connectivity index (χ0n) is 10.8. The zero-order valence-corrected chi connectivity index (χ0v) is 10.8. The van der Waals surface area contributed by atoms with Crippen LogP contribution in [0.5, 0.6) is 0 Å². The topological polar surface area (TPSA) is 68.5 Å². The van der Waals surface area contributed by atoms with E-state index in [0.717, 1.165) is 29.1 Å². The van der Waals surface area contributed by atoms with Crippen LogP contribution < -0.4 is 5.32 Å². The smallest absolute Gasteiger partial charge is 0.165 e. The molecule has 6 nitrogen and oxygen atoms in total. The third-order valence-electron chi connectivity index (χ3n) is 2.92. The predicted molar refractivity (Wildman–Crippen MR) is 73.7 cm³/mol. The summed E-state index contributed by atoms with van der Waals surface area (Å²) >= 11 is 0. The van der Waals surface area contributed by atoms with Crippen LogP contribution in [-0.4, -0.2) is 31.3 Å². The Kier molecular flexibility index (Phi) is 2.83. The summed E-state index contributed by atoms with van der Waals surface area (Å²) in [6, 6.07) is 5.88. The molecule has 0 radical (unpaired) electrons. The number of pyridine rings is 1. The average Bonchev–Trinajstić information content (AvgIpc) is 2.85. The third kappa shape index (κ3) is 2.01. The maximum Gasteiger partial charge on any atom is 0.165 e. The van der Waals surface area contributed by atoms with Gasteiger partial charge in [-0.1, -0.05) is 0 Å². The van der Waals surface area contributed by atoms with Crippen LogP contribution >= 0.6 is 0 Å². The monoisotopic (exact) mass is 254 g/mol. The predicted octanol–water partition coefficient (Wildman–Crippen LogP) is 1.86. The fourth-order valence-corrected chi connectivity index (χ4v) is 2.02. The number of hydrogen-bond donors (Lipinski definition) is 1. The molecule has 3 heterocycles. The summed E-state index contributed by atoms with van der Waals surface area (Å²) in [5.74, 6) is 0.816. The number of aryl methyl sites for hydroxylation is 1. The molecule has 19 heavy (non-hydrogen) atoms. The van der Waals surface area contributed by atoms with Gasteiger partial charge in [-0.2, -0.15) is 5.10 Å². The molecule has 0 aliphatic heterocycles. The molecule has 0 saturated heterocycles. The lowest BCUT2D eigenvalue weighted by Crippen LogP contribution is -2.02. The molecule has 0 amide bonds. The van der Waals surface area contributed by atoms with Gasteiger partial charge in [-0.3, -0.25) is 4.68 Å². The van der Waals surface area contributed by atoms with Crippen molar-refractivity contribution in [2.24, 2.45) is 7.05 Å². The molecule has 3 rings (SSSR count). The van der Waals surface area contributed by atoms with Gasteiger partial charge in [0.2, 0.25) is 0 Å². The van der Waals surface area contributed by atoms with E-state index in [0.29, 0.717) is 5.65 Å². The number of anilines is 1. The zero-order chi connectivity index (χ0) is 13.2. The number of aromatic nitrogens is 5. The Bertz CT molecular complexity index is 718. The first-order valence-corrected chi connectivity index (χ1v) is 6.13. The first kappa shape index (κ1) is 11.6. The molecule has 0 aromatic carbocycles. The number of nitrogens with one attached hydrogen (secondary N) is 1. The molecule has 1 N–H and O–H groups in total. The van der Waals surface area contributed by atoms with Gasteiger partial charge in [-0.15, -0.1) is 0 Å². The highest BCUT2D eigenvalue weighted by atomic mass is 15.3. The van der Waals surface area contributed by atoms with E-state index < -0.39 is 0 Å². The van der Waals surface area contributed by atoms with Crippen molar-refractivity contribution in [1.29, 1.82) is 0 Å². The maximum atomic E-state index is 4.57. The van der Waals surface area contributed by atoms with Crippen LogP contribution in [0.4, 0.5) is 5.82 Å². The van der Waals surface area contributed by atoms with Crippen LogP contribution in [0.2, 0.25) is 0 Å². The van der Waals surface area contributed by atoms with E-state index in [-0.39, 0.29) is 0 Å². The van der Waals surface area contributed by atoms with E-state index >= 15 is 0 Å². The molecule has 0 aliphatic carbocycles. The van der Waals surface area contributed by atoms with Crippen molar-refractivity contribution in [1.82, 2.24) is 24.7 Å². The van der Waals surface area contributed by atoms with E-state index in [1.165, 1.54) is 6.33 Å². The first-order valence-electron chi connectivity index (χ1n) is 6.13.